The van der Waals surface area contributed by atoms with Gasteiger partial charge in [0.1, 0.15) is 11.5 Å². The first-order chi connectivity index (χ1) is 9.08. The van der Waals surface area contributed by atoms with Crippen LogP contribution in [0.25, 0.3) is 0 Å². The van der Waals surface area contributed by atoms with E-state index in [4.69, 9.17) is 0 Å². The summed E-state index contributed by atoms with van der Waals surface area (Å²) < 4.78 is 0. The van der Waals surface area contributed by atoms with Crippen molar-refractivity contribution in [3.8, 4) is 0 Å². The number of aliphatic hydroxyl groups excluding tert-OH is 1. The molecule has 106 valence electrons. The number of nitrogens with zero attached hydrogens (tertiary/aromatic N) is 2. The van der Waals surface area contributed by atoms with Crippen molar-refractivity contribution >= 4 is 11.5 Å². The fraction of sp³-hybridized carbons (Fsp3) is 0.615. The van der Waals surface area contributed by atoms with Crippen LogP contribution in [-0.4, -0.2) is 27.7 Å². The number of aromatic nitrogens is 1. The van der Waals surface area contributed by atoms with Crippen LogP contribution in [0, 0.1) is 17.0 Å². The predicted octanol–water partition coefficient (Wildman–Crippen LogP) is 2.65. The molecule has 1 atom stereocenters. The van der Waals surface area contributed by atoms with Crippen LogP contribution in [0.1, 0.15) is 38.3 Å². The lowest BCUT2D eigenvalue weighted by molar-refractivity contribution is -0.385. The molecule has 0 amide bonds. The molecule has 0 fully saturated rings. The van der Waals surface area contributed by atoms with Gasteiger partial charge in [-0.1, -0.05) is 26.2 Å². The number of unbranched alkanes of at least 4 members (excludes halogenated alkanes) is 2. The van der Waals surface area contributed by atoms with E-state index < -0.39 is 4.92 Å². The second-order valence-electron chi connectivity index (χ2n) is 4.58. The van der Waals surface area contributed by atoms with Crippen molar-refractivity contribution in [1.29, 1.82) is 0 Å². The Labute approximate surface area is 113 Å². The summed E-state index contributed by atoms with van der Waals surface area (Å²) >= 11 is 0. The molecule has 0 aromatic carbocycles. The molecule has 0 aliphatic carbocycles. The molecule has 1 heterocycles. The van der Waals surface area contributed by atoms with E-state index in [9.17, 15) is 15.2 Å². The highest BCUT2D eigenvalue weighted by Crippen LogP contribution is 2.19. The van der Waals surface area contributed by atoms with E-state index in [1.165, 1.54) is 6.07 Å². The average molecular weight is 267 g/mol. The number of aryl methyl sites for hydroxylation is 1. The summed E-state index contributed by atoms with van der Waals surface area (Å²) in [5, 5.41) is 23.1. The van der Waals surface area contributed by atoms with Crippen molar-refractivity contribution in [2.75, 3.05) is 11.9 Å². The molecule has 0 aliphatic heterocycles. The maximum Gasteiger partial charge on any atom is 0.290 e. The number of hydrogen-bond donors (Lipinski definition) is 2. The molecule has 0 saturated carbocycles. The molecule has 0 saturated heterocycles. The van der Waals surface area contributed by atoms with Crippen LogP contribution in [0.3, 0.4) is 0 Å². The van der Waals surface area contributed by atoms with Gasteiger partial charge in [0.15, 0.2) is 0 Å². The molecule has 0 bridgehead atoms. The van der Waals surface area contributed by atoms with Crippen molar-refractivity contribution in [3.05, 3.63) is 27.9 Å². The predicted molar refractivity (Wildman–Crippen MR) is 74.3 cm³/mol. The van der Waals surface area contributed by atoms with E-state index >= 15 is 0 Å². The van der Waals surface area contributed by atoms with Crippen LogP contribution in [0.2, 0.25) is 0 Å². The van der Waals surface area contributed by atoms with E-state index in [1.807, 2.05) is 0 Å². The topological polar surface area (TPSA) is 88.3 Å². The average Bonchev–Trinajstić information content (AvgIpc) is 2.37. The van der Waals surface area contributed by atoms with Crippen molar-refractivity contribution in [2.24, 2.45) is 0 Å². The first-order valence-electron chi connectivity index (χ1n) is 6.58. The fourth-order valence-electron chi connectivity index (χ4n) is 1.89. The fourth-order valence-corrected chi connectivity index (χ4v) is 1.89. The number of anilines is 1. The summed E-state index contributed by atoms with van der Waals surface area (Å²) in [7, 11) is 0. The molecular formula is C13H21N3O3. The number of aliphatic hydroxyl groups is 1. The summed E-state index contributed by atoms with van der Waals surface area (Å²) in [6.45, 7) is 3.76. The molecule has 0 radical (unpaired) electrons. The SMILES string of the molecule is CCCCCC(CO)Nc1ccc([N+](=O)[O-])c(C)n1. The standard InChI is InChI=1S/C13H21N3O3/c1-3-4-5-6-11(9-17)15-13-8-7-12(16(18)19)10(2)14-13/h7-8,11,17H,3-6,9H2,1-2H3,(H,14,15). The molecule has 0 aliphatic rings. The van der Waals surface area contributed by atoms with Gasteiger partial charge in [0.05, 0.1) is 17.6 Å². The Morgan fingerprint density at radius 2 is 2.21 bits per heavy atom. The molecule has 1 rings (SSSR count). The largest absolute Gasteiger partial charge is 0.394 e. The van der Waals surface area contributed by atoms with Crippen molar-refractivity contribution in [1.82, 2.24) is 4.98 Å². The van der Waals surface area contributed by atoms with Crippen molar-refractivity contribution < 1.29 is 10.0 Å². The van der Waals surface area contributed by atoms with Gasteiger partial charge in [-0.3, -0.25) is 10.1 Å². The lowest BCUT2D eigenvalue weighted by Gasteiger charge is -2.16. The van der Waals surface area contributed by atoms with Gasteiger partial charge in [-0.2, -0.15) is 0 Å². The molecule has 6 nitrogen and oxygen atoms in total. The first-order valence-corrected chi connectivity index (χ1v) is 6.58. The van der Waals surface area contributed by atoms with Crippen LogP contribution in [-0.2, 0) is 0 Å². The summed E-state index contributed by atoms with van der Waals surface area (Å²) in [4.78, 5) is 14.4. The van der Waals surface area contributed by atoms with E-state index in [2.05, 4.69) is 17.2 Å². The summed E-state index contributed by atoms with van der Waals surface area (Å²) in [6, 6.07) is 2.96. The van der Waals surface area contributed by atoms with E-state index in [-0.39, 0.29) is 18.3 Å². The highest BCUT2D eigenvalue weighted by molar-refractivity contribution is 5.45. The zero-order valence-corrected chi connectivity index (χ0v) is 11.4. The Morgan fingerprint density at radius 1 is 1.47 bits per heavy atom. The highest BCUT2D eigenvalue weighted by Gasteiger charge is 2.13. The van der Waals surface area contributed by atoms with E-state index in [0.29, 0.717) is 11.5 Å². The van der Waals surface area contributed by atoms with Crippen molar-refractivity contribution in [3.63, 3.8) is 0 Å². The molecular weight excluding hydrogens is 246 g/mol. The summed E-state index contributed by atoms with van der Waals surface area (Å²) in [6.07, 6.45) is 4.17. The number of nitrogens with one attached hydrogen (secondary N) is 1. The van der Waals surface area contributed by atoms with Gasteiger partial charge in [0.25, 0.3) is 5.69 Å². The number of hydrogen-bond acceptors (Lipinski definition) is 5. The molecule has 6 heteroatoms. The van der Waals surface area contributed by atoms with Gasteiger partial charge in [-0.25, -0.2) is 4.98 Å². The van der Waals surface area contributed by atoms with Crippen LogP contribution in [0.5, 0.6) is 0 Å². The number of nitro groups is 1. The van der Waals surface area contributed by atoms with Gasteiger partial charge in [0, 0.05) is 6.07 Å². The van der Waals surface area contributed by atoms with Crippen molar-refractivity contribution in [2.45, 2.75) is 45.6 Å². The van der Waals surface area contributed by atoms with Gasteiger partial charge >= 0.3 is 0 Å². The zero-order valence-electron chi connectivity index (χ0n) is 11.4. The third-order valence-corrected chi connectivity index (χ3v) is 2.98. The molecule has 2 N–H and O–H groups in total. The maximum absolute atomic E-state index is 10.7. The van der Waals surface area contributed by atoms with Crippen LogP contribution >= 0.6 is 0 Å². The smallest absolute Gasteiger partial charge is 0.290 e. The van der Waals surface area contributed by atoms with Gasteiger partial charge < -0.3 is 10.4 Å². The Morgan fingerprint density at radius 3 is 2.74 bits per heavy atom. The normalized spacial score (nSPS) is 12.2. The lowest BCUT2D eigenvalue weighted by atomic mass is 10.1. The third-order valence-electron chi connectivity index (χ3n) is 2.98. The number of pyridine rings is 1. The molecule has 0 spiro atoms. The minimum Gasteiger partial charge on any atom is -0.394 e. The molecule has 1 aromatic rings. The Balaban J connectivity index is 2.64. The van der Waals surface area contributed by atoms with Crippen LogP contribution < -0.4 is 5.32 Å². The Kier molecular flexibility index (Phi) is 6.21. The summed E-state index contributed by atoms with van der Waals surface area (Å²) in [5.41, 5.74) is 0.386. The van der Waals surface area contributed by atoms with Crippen LogP contribution in [0.15, 0.2) is 12.1 Å². The zero-order chi connectivity index (χ0) is 14.3. The Hall–Kier alpha value is -1.69. The lowest BCUT2D eigenvalue weighted by Crippen LogP contribution is -2.24. The Bertz CT molecular complexity index is 424. The number of rotatable bonds is 8. The first kappa shape index (κ1) is 15.4. The molecule has 1 aromatic heterocycles. The van der Waals surface area contributed by atoms with Gasteiger partial charge in [0.2, 0.25) is 0 Å². The monoisotopic (exact) mass is 267 g/mol. The highest BCUT2D eigenvalue weighted by atomic mass is 16.6. The van der Waals surface area contributed by atoms with E-state index in [1.54, 1.807) is 13.0 Å². The summed E-state index contributed by atoms with van der Waals surface area (Å²) in [5.74, 6) is 0.568. The van der Waals surface area contributed by atoms with Crippen LogP contribution in [0.4, 0.5) is 11.5 Å². The second kappa shape index (κ2) is 7.68. The molecule has 19 heavy (non-hydrogen) atoms. The third kappa shape index (κ3) is 4.82. The van der Waals surface area contributed by atoms with Gasteiger partial charge in [-0.05, 0) is 19.4 Å². The minimum atomic E-state index is -0.448. The minimum absolute atomic E-state index is 0.0112. The molecule has 1 unspecified atom stereocenters. The maximum atomic E-state index is 10.7. The van der Waals surface area contributed by atoms with E-state index in [0.717, 1.165) is 25.7 Å². The second-order valence-corrected chi connectivity index (χ2v) is 4.58. The quantitative estimate of drug-likeness (QED) is 0.429. The van der Waals surface area contributed by atoms with Gasteiger partial charge in [-0.15, -0.1) is 0 Å².